The van der Waals surface area contributed by atoms with Gasteiger partial charge in [0.25, 0.3) is 0 Å². The molecule has 3 nitrogen and oxygen atoms in total. The Balaban J connectivity index is 1.89. The molecule has 6 heteroatoms. The molecular formula is C15H13ClFNO2S. The molecule has 0 radical (unpaired) electrons. The van der Waals surface area contributed by atoms with Gasteiger partial charge in [-0.15, -0.1) is 11.3 Å². The lowest BCUT2D eigenvalue weighted by molar-refractivity contribution is -0.116. The number of carbonyl (C=O) groups is 2. The molecule has 0 aliphatic rings. The maximum Gasteiger partial charge on any atom is 0.224 e. The number of halogens is 2. The predicted molar refractivity (Wildman–Crippen MR) is 82.7 cm³/mol. The fraction of sp³-hybridized carbons (Fsp3) is 0.200. The number of amides is 1. The molecule has 21 heavy (non-hydrogen) atoms. The van der Waals surface area contributed by atoms with Crippen LogP contribution in [0.15, 0.2) is 30.3 Å². The van der Waals surface area contributed by atoms with Gasteiger partial charge in [-0.25, -0.2) is 4.39 Å². The predicted octanol–water partition coefficient (Wildman–Crippen LogP) is 4.45. The summed E-state index contributed by atoms with van der Waals surface area (Å²) in [4.78, 5) is 24.1. The van der Waals surface area contributed by atoms with Crippen LogP contribution in [-0.4, -0.2) is 11.7 Å². The Labute approximate surface area is 130 Å². The number of Topliss-reactive ketones (excluding diaryl/α,β-unsaturated/α-hetero) is 1. The van der Waals surface area contributed by atoms with Crippen molar-refractivity contribution >= 4 is 40.3 Å². The standard InChI is InChI=1S/C15H13ClFNO2S/c1-9-2-3-11(10(17)8-9)18-15(20)7-4-12(19)13-5-6-14(16)21-13/h2-3,5-6,8H,4,7H2,1H3,(H,18,20). The van der Waals surface area contributed by atoms with Gasteiger partial charge in [0.2, 0.25) is 5.91 Å². The normalized spacial score (nSPS) is 10.4. The number of hydrogen-bond donors (Lipinski definition) is 1. The Morgan fingerprint density at radius 2 is 2.00 bits per heavy atom. The van der Waals surface area contributed by atoms with Crippen LogP contribution < -0.4 is 5.32 Å². The van der Waals surface area contributed by atoms with Gasteiger partial charge in [-0.05, 0) is 36.8 Å². The molecule has 0 unspecified atom stereocenters. The number of benzene rings is 1. The Morgan fingerprint density at radius 3 is 2.62 bits per heavy atom. The van der Waals surface area contributed by atoms with Crippen molar-refractivity contribution in [1.29, 1.82) is 0 Å². The van der Waals surface area contributed by atoms with Crippen LogP contribution in [0.5, 0.6) is 0 Å². The van der Waals surface area contributed by atoms with Gasteiger partial charge in [-0.3, -0.25) is 9.59 Å². The van der Waals surface area contributed by atoms with E-state index in [9.17, 15) is 14.0 Å². The second-order valence-electron chi connectivity index (χ2n) is 4.56. The molecule has 0 fully saturated rings. The second kappa shape index (κ2) is 6.83. The molecule has 2 rings (SSSR count). The molecule has 0 atom stereocenters. The average Bonchev–Trinajstić information content (AvgIpc) is 2.86. The summed E-state index contributed by atoms with van der Waals surface area (Å²) >= 11 is 6.93. The number of ketones is 1. The quantitative estimate of drug-likeness (QED) is 0.825. The first-order valence-electron chi connectivity index (χ1n) is 6.30. The molecule has 1 aromatic carbocycles. The third kappa shape index (κ3) is 4.37. The highest BCUT2D eigenvalue weighted by Gasteiger charge is 2.12. The molecule has 1 heterocycles. The van der Waals surface area contributed by atoms with E-state index in [0.717, 1.165) is 5.56 Å². The van der Waals surface area contributed by atoms with E-state index in [1.54, 1.807) is 25.1 Å². The van der Waals surface area contributed by atoms with Gasteiger partial charge in [-0.1, -0.05) is 17.7 Å². The topological polar surface area (TPSA) is 46.2 Å². The number of hydrogen-bond acceptors (Lipinski definition) is 3. The fourth-order valence-corrected chi connectivity index (χ4v) is 2.76. The lowest BCUT2D eigenvalue weighted by Gasteiger charge is -2.06. The maximum absolute atomic E-state index is 13.6. The van der Waals surface area contributed by atoms with E-state index in [4.69, 9.17) is 11.6 Å². The highest BCUT2D eigenvalue weighted by atomic mass is 35.5. The van der Waals surface area contributed by atoms with Crippen LogP contribution >= 0.6 is 22.9 Å². The molecule has 0 aliphatic heterocycles. The van der Waals surface area contributed by atoms with Crippen LogP contribution in [0.3, 0.4) is 0 Å². The van der Waals surface area contributed by atoms with E-state index in [0.29, 0.717) is 9.21 Å². The Morgan fingerprint density at radius 1 is 1.24 bits per heavy atom. The zero-order valence-electron chi connectivity index (χ0n) is 11.3. The van der Waals surface area contributed by atoms with Crippen LogP contribution in [0.25, 0.3) is 0 Å². The molecule has 0 bridgehead atoms. The smallest absolute Gasteiger partial charge is 0.224 e. The van der Waals surface area contributed by atoms with E-state index in [1.807, 2.05) is 0 Å². The minimum Gasteiger partial charge on any atom is -0.324 e. The number of carbonyl (C=O) groups excluding carboxylic acids is 2. The minimum atomic E-state index is -0.486. The number of aryl methyl sites for hydroxylation is 1. The van der Waals surface area contributed by atoms with Crippen LogP contribution in [0.2, 0.25) is 4.34 Å². The summed E-state index contributed by atoms with van der Waals surface area (Å²) in [5.74, 6) is -1.03. The summed E-state index contributed by atoms with van der Waals surface area (Å²) in [5, 5.41) is 2.46. The number of rotatable bonds is 5. The Kier molecular flexibility index (Phi) is 5.09. The monoisotopic (exact) mass is 325 g/mol. The molecule has 0 saturated carbocycles. The highest BCUT2D eigenvalue weighted by Crippen LogP contribution is 2.23. The van der Waals surface area contributed by atoms with Crippen molar-refractivity contribution in [2.45, 2.75) is 19.8 Å². The molecule has 2 aromatic rings. The third-order valence-corrected chi connectivity index (χ3v) is 4.10. The number of anilines is 1. The van der Waals surface area contributed by atoms with Gasteiger partial charge < -0.3 is 5.32 Å². The molecular weight excluding hydrogens is 313 g/mol. The van der Waals surface area contributed by atoms with E-state index in [-0.39, 0.29) is 24.3 Å². The van der Waals surface area contributed by atoms with E-state index < -0.39 is 11.7 Å². The summed E-state index contributed by atoms with van der Waals surface area (Å²) in [5.41, 5.74) is 0.896. The molecule has 110 valence electrons. The van der Waals surface area contributed by atoms with Crippen molar-refractivity contribution in [3.05, 3.63) is 50.9 Å². The van der Waals surface area contributed by atoms with Crippen LogP contribution in [0.4, 0.5) is 10.1 Å². The van der Waals surface area contributed by atoms with E-state index >= 15 is 0 Å². The van der Waals surface area contributed by atoms with Gasteiger partial charge >= 0.3 is 0 Å². The minimum absolute atomic E-state index is 0.00166. The largest absolute Gasteiger partial charge is 0.324 e. The zero-order chi connectivity index (χ0) is 15.4. The van der Waals surface area contributed by atoms with Crippen molar-refractivity contribution in [3.8, 4) is 0 Å². The third-order valence-electron chi connectivity index (χ3n) is 2.83. The highest BCUT2D eigenvalue weighted by molar-refractivity contribution is 7.18. The van der Waals surface area contributed by atoms with E-state index in [1.165, 1.54) is 23.5 Å². The SMILES string of the molecule is Cc1ccc(NC(=O)CCC(=O)c2ccc(Cl)s2)c(F)c1. The molecule has 1 aromatic heterocycles. The lowest BCUT2D eigenvalue weighted by atomic mass is 10.1. The first kappa shape index (κ1) is 15.7. The van der Waals surface area contributed by atoms with Crippen molar-refractivity contribution in [3.63, 3.8) is 0 Å². The van der Waals surface area contributed by atoms with Crippen molar-refractivity contribution in [2.24, 2.45) is 0 Å². The summed E-state index contributed by atoms with van der Waals surface area (Å²) < 4.78 is 14.1. The van der Waals surface area contributed by atoms with Crippen molar-refractivity contribution in [1.82, 2.24) is 0 Å². The maximum atomic E-state index is 13.6. The molecule has 0 spiro atoms. The van der Waals surface area contributed by atoms with Crippen LogP contribution in [-0.2, 0) is 4.79 Å². The van der Waals surface area contributed by atoms with Crippen LogP contribution in [0, 0.1) is 12.7 Å². The summed E-state index contributed by atoms with van der Waals surface area (Å²) in [7, 11) is 0. The second-order valence-corrected chi connectivity index (χ2v) is 6.27. The van der Waals surface area contributed by atoms with Gasteiger partial charge in [0.15, 0.2) is 5.78 Å². The van der Waals surface area contributed by atoms with Crippen molar-refractivity contribution < 1.29 is 14.0 Å². The summed E-state index contributed by atoms with van der Waals surface area (Å²) in [6.45, 7) is 1.76. The van der Waals surface area contributed by atoms with Crippen LogP contribution in [0.1, 0.15) is 28.1 Å². The molecule has 1 N–H and O–H groups in total. The number of thiophene rings is 1. The zero-order valence-corrected chi connectivity index (χ0v) is 12.9. The Hall–Kier alpha value is -1.72. The first-order valence-corrected chi connectivity index (χ1v) is 7.49. The summed E-state index contributed by atoms with van der Waals surface area (Å²) in [6.07, 6.45) is 0.0673. The van der Waals surface area contributed by atoms with Crippen molar-refractivity contribution in [2.75, 3.05) is 5.32 Å². The average molecular weight is 326 g/mol. The number of nitrogens with one attached hydrogen (secondary N) is 1. The van der Waals surface area contributed by atoms with E-state index in [2.05, 4.69) is 5.32 Å². The summed E-state index contributed by atoms with van der Waals surface area (Å²) in [6, 6.07) is 7.82. The fourth-order valence-electron chi connectivity index (χ4n) is 1.75. The van der Waals surface area contributed by atoms with Gasteiger partial charge in [0.05, 0.1) is 14.9 Å². The molecule has 0 aliphatic carbocycles. The first-order chi connectivity index (χ1) is 9.95. The van der Waals surface area contributed by atoms with Gasteiger partial charge in [-0.2, -0.15) is 0 Å². The lowest BCUT2D eigenvalue weighted by Crippen LogP contribution is -2.14. The Bertz CT molecular complexity index is 684. The molecule has 1 amide bonds. The van der Waals surface area contributed by atoms with Gasteiger partial charge in [0.1, 0.15) is 5.82 Å². The molecule has 0 saturated heterocycles. The van der Waals surface area contributed by atoms with Gasteiger partial charge in [0, 0.05) is 12.8 Å².